The van der Waals surface area contributed by atoms with Gasteiger partial charge >= 0.3 is 0 Å². The summed E-state index contributed by atoms with van der Waals surface area (Å²) in [7, 11) is 0. The number of nitrogens with zero attached hydrogens (tertiary/aromatic N) is 4. The van der Waals surface area contributed by atoms with Crippen LogP contribution < -0.4 is 5.73 Å². The fourth-order valence-corrected chi connectivity index (χ4v) is 2.24. The van der Waals surface area contributed by atoms with E-state index >= 15 is 0 Å². The van der Waals surface area contributed by atoms with E-state index < -0.39 is 0 Å². The molecular weight excluding hydrogens is 250 g/mol. The summed E-state index contributed by atoms with van der Waals surface area (Å²) in [6.07, 6.45) is 0. The Labute approximate surface area is 116 Å². The quantitative estimate of drug-likeness (QED) is 0.684. The van der Waals surface area contributed by atoms with E-state index in [0.29, 0.717) is 22.7 Å². The Morgan fingerprint density at radius 3 is 2.55 bits per heavy atom. The van der Waals surface area contributed by atoms with Gasteiger partial charge in [0, 0.05) is 16.9 Å². The van der Waals surface area contributed by atoms with Gasteiger partial charge in [-0.3, -0.25) is 0 Å². The fraction of sp³-hybridized carbons (Fsp3) is 0.133. The molecule has 3 rings (SSSR count). The van der Waals surface area contributed by atoms with Crippen molar-refractivity contribution in [3.8, 4) is 17.5 Å². The van der Waals surface area contributed by atoms with Gasteiger partial charge in [0.2, 0.25) is 0 Å². The molecule has 0 radical (unpaired) electrons. The van der Waals surface area contributed by atoms with Crippen molar-refractivity contribution in [2.45, 2.75) is 13.8 Å². The molecule has 0 aliphatic rings. The second-order valence-corrected chi connectivity index (χ2v) is 4.75. The van der Waals surface area contributed by atoms with Gasteiger partial charge in [-0.2, -0.15) is 5.26 Å². The van der Waals surface area contributed by atoms with Crippen molar-refractivity contribution in [1.82, 2.24) is 14.6 Å². The molecule has 0 aliphatic carbocycles. The number of aryl methyl sites for hydroxylation is 2. The second-order valence-electron chi connectivity index (χ2n) is 4.75. The zero-order valence-electron chi connectivity index (χ0n) is 11.3. The van der Waals surface area contributed by atoms with Gasteiger partial charge in [0.15, 0.2) is 11.5 Å². The van der Waals surface area contributed by atoms with Crippen LogP contribution in [0.5, 0.6) is 0 Å². The molecule has 0 unspecified atom stereocenters. The highest BCUT2D eigenvalue weighted by Gasteiger charge is 2.13. The molecule has 0 saturated heterocycles. The number of fused-ring (bicyclic) bond motifs is 1. The summed E-state index contributed by atoms with van der Waals surface area (Å²) in [5.41, 5.74) is 10.3. The van der Waals surface area contributed by atoms with Crippen molar-refractivity contribution in [2.24, 2.45) is 0 Å². The number of aromatic nitrogens is 3. The van der Waals surface area contributed by atoms with Crippen LogP contribution in [0.4, 0.5) is 5.69 Å². The summed E-state index contributed by atoms with van der Waals surface area (Å²) >= 11 is 0. The minimum atomic E-state index is 0.560. The number of nitrogens with two attached hydrogens (primary N) is 1. The van der Waals surface area contributed by atoms with Gasteiger partial charge in [-0.05, 0) is 49.7 Å². The topological polar surface area (TPSA) is 80.0 Å². The van der Waals surface area contributed by atoms with E-state index in [-0.39, 0.29) is 0 Å². The van der Waals surface area contributed by atoms with Gasteiger partial charge < -0.3 is 5.73 Å². The van der Waals surface area contributed by atoms with Crippen LogP contribution in [0.15, 0.2) is 30.3 Å². The SMILES string of the molecule is Cc1cc(C)n2nc(-c3ccc(N)cc3)nc2c1C#N. The molecule has 1 aromatic carbocycles. The lowest BCUT2D eigenvalue weighted by molar-refractivity contribution is 0.912. The average molecular weight is 263 g/mol. The summed E-state index contributed by atoms with van der Waals surface area (Å²) in [4.78, 5) is 4.49. The molecule has 3 aromatic rings. The standard InChI is InChI=1S/C15H13N5/c1-9-7-10(2)20-15(13(9)8-16)18-14(19-20)11-3-5-12(17)6-4-11/h3-7H,17H2,1-2H3. The molecular formula is C15H13N5. The summed E-state index contributed by atoms with van der Waals surface area (Å²) in [6, 6.07) is 11.5. The largest absolute Gasteiger partial charge is 0.399 e. The van der Waals surface area contributed by atoms with E-state index in [9.17, 15) is 5.26 Å². The third-order valence-corrected chi connectivity index (χ3v) is 3.27. The van der Waals surface area contributed by atoms with Gasteiger partial charge in [-0.25, -0.2) is 9.50 Å². The minimum Gasteiger partial charge on any atom is -0.399 e. The van der Waals surface area contributed by atoms with Crippen molar-refractivity contribution in [3.63, 3.8) is 0 Å². The van der Waals surface area contributed by atoms with Crippen LogP contribution in [-0.2, 0) is 0 Å². The first-order valence-corrected chi connectivity index (χ1v) is 6.23. The highest BCUT2D eigenvalue weighted by Crippen LogP contribution is 2.21. The van der Waals surface area contributed by atoms with Crippen molar-refractivity contribution in [1.29, 1.82) is 5.26 Å². The molecule has 0 fully saturated rings. The monoisotopic (exact) mass is 263 g/mol. The summed E-state index contributed by atoms with van der Waals surface area (Å²) in [5.74, 6) is 0.593. The molecule has 2 heterocycles. The number of hydrogen-bond donors (Lipinski definition) is 1. The van der Waals surface area contributed by atoms with E-state index in [4.69, 9.17) is 5.73 Å². The lowest BCUT2D eigenvalue weighted by Crippen LogP contribution is -1.98. The van der Waals surface area contributed by atoms with E-state index in [2.05, 4.69) is 16.2 Å². The van der Waals surface area contributed by atoms with E-state index in [0.717, 1.165) is 16.8 Å². The van der Waals surface area contributed by atoms with Gasteiger partial charge in [-0.1, -0.05) is 0 Å². The Morgan fingerprint density at radius 1 is 1.20 bits per heavy atom. The maximum atomic E-state index is 9.28. The van der Waals surface area contributed by atoms with E-state index in [1.165, 1.54) is 0 Å². The number of hydrogen-bond acceptors (Lipinski definition) is 4. The van der Waals surface area contributed by atoms with E-state index in [1.807, 2.05) is 44.2 Å². The Hall–Kier alpha value is -2.87. The number of nitriles is 1. The number of benzene rings is 1. The van der Waals surface area contributed by atoms with Crippen LogP contribution >= 0.6 is 0 Å². The van der Waals surface area contributed by atoms with Crippen molar-refractivity contribution in [2.75, 3.05) is 5.73 Å². The number of nitrogen functional groups attached to an aromatic ring is 1. The first-order chi connectivity index (χ1) is 9.60. The number of rotatable bonds is 1. The maximum Gasteiger partial charge on any atom is 0.182 e. The van der Waals surface area contributed by atoms with Crippen LogP contribution in [-0.4, -0.2) is 14.6 Å². The predicted molar refractivity (Wildman–Crippen MR) is 77.0 cm³/mol. The molecule has 5 nitrogen and oxygen atoms in total. The molecule has 20 heavy (non-hydrogen) atoms. The minimum absolute atomic E-state index is 0.560. The third kappa shape index (κ3) is 1.79. The number of pyridine rings is 1. The molecule has 0 amide bonds. The highest BCUT2D eigenvalue weighted by atomic mass is 15.3. The Balaban J connectivity index is 2.28. The van der Waals surface area contributed by atoms with Crippen molar-refractivity contribution in [3.05, 3.63) is 47.2 Å². The molecule has 0 bridgehead atoms. The fourth-order valence-electron chi connectivity index (χ4n) is 2.24. The molecule has 0 aliphatic heterocycles. The number of anilines is 1. The third-order valence-electron chi connectivity index (χ3n) is 3.27. The zero-order valence-corrected chi connectivity index (χ0v) is 11.3. The first kappa shape index (κ1) is 12.2. The lowest BCUT2D eigenvalue weighted by atomic mass is 10.1. The average Bonchev–Trinajstić information content (AvgIpc) is 2.85. The summed E-state index contributed by atoms with van der Waals surface area (Å²) in [6.45, 7) is 3.85. The van der Waals surface area contributed by atoms with Crippen molar-refractivity contribution >= 4 is 11.3 Å². The molecule has 2 N–H and O–H groups in total. The lowest BCUT2D eigenvalue weighted by Gasteiger charge is -2.02. The molecule has 0 spiro atoms. The molecule has 2 aromatic heterocycles. The van der Waals surface area contributed by atoms with Crippen LogP contribution in [0.1, 0.15) is 16.8 Å². The van der Waals surface area contributed by atoms with Gasteiger partial charge in [-0.15, -0.1) is 5.10 Å². The van der Waals surface area contributed by atoms with Crippen LogP contribution in [0.3, 0.4) is 0 Å². The normalized spacial score (nSPS) is 10.7. The second kappa shape index (κ2) is 4.35. The molecule has 0 saturated carbocycles. The van der Waals surface area contributed by atoms with Gasteiger partial charge in [0.25, 0.3) is 0 Å². The molecule has 98 valence electrons. The Bertz CT molecular complexity index is 837. The zero-order chi connectivity index (χ0) is 14.3. The molecule has 5 heteroatoms. The van der Waals surface area contributed by atoms with Crippen LogP contribution in [0, 0.1) is 25.2 Å². The Morgan fingerprint density at radius 2 is 1.90 bits per heavy atom. The van der Waals surface area contributed by atoms with Crippen LogP contribution in [0.2, 0.25) is 0 Å². The maximum absolute atomic E-state index is 9.28. The molecule has 0 atom stereocenters. The van der Waals surface area contributed by atoms with Gasteiger partial charge in [0.1, 0.15) is 6.07 Å². The van der Waals surface area contributed by atoms with Crippen molar-refractivity contribution < 1.29 is 0 Å². The Kier molecular flexibility index (Phi) is 2.65. The van der Waals surface area contributed by atoms with E-state index in [1.54, 1.807) is 4.52 Å². The van der Waals surface area contributed by atoms with Crippen LogP contribution in [0.25, 0.3) is 17.0 Å². The predicted octanol–water partition coefficient (Wildman–Crippen LogP) is 2.47. The highest BCUT2D eigenvalue weighted by molar-refractivity contribution is 5.65. The van der Waals surface area contributed by atoms with Gasteiger partial charge in [0.05, 0.1) is 5.56 Å². The summed E-state index contributed by atoms with van der Waals surface area (Å²) in [5, 5.41) is 13.8. The smallest absolute Gasteiger partial charge is 0.182 e. The summed E-state index contributed by atoms with van der Waals surface area (Å²) < 4.78 is 1.71. The first-order valence-electron chi connectivity index (χ1n) is 6.23.